The molecule has 84 valence electrons. The fraction of sp³-hybridized carbons (Fsp3) is 0.0833. The van der Waals surface area contributed by atoms with Crippen LogP contribution in [-0.2, 0) is 7.05 Å². The Morgan fingerprint density at radius 3 is 2.94 bits per heavy atom. The number of pyridine rings is 2. The van der Waals surface area contributed by atoms with Crippen LogP contribution in [0.15, 0.2) is 42.9 Å². The molecule has 0 aliphatic rings. The van der Waals surface area contributed by atoms with Gasteiger partial charge in [-0.3, -0.25) is 9.67 Å². The van der Waals surface area contributed by atoms with Crippen molar-refractivity contribution in [1.29, 1.82) is 0 Å². The largest absolute Gasteiger partial charge is 0.436 e. The molecule has 0 spiro atoms. The minimum Gasteiger partial charge on any atom is -0.436 e. The summed E-state index contributed by atoms with van der Waals surface area (Å²) < 4.78 is 7.26. The summed E-state index contributed by atoms with van der Waals surface area (Å²) in [4.78, 5) is 8.56. The van der Waals surface area contributed by atoms with E-state index >= 15 is 0 Å². The smallest absolute Gasteiger partial charge is 0.220 e. The summed E-state index contributed by atoms with van der Waals surface area (Å²) >= 11 is 0. The number of nitrogens with zero attached hydrogens (tertiary/aromatic N) is 4. The van der Waals surface area contributed by atoms with Gasteiger partial charge in [-0.05, 0) is 18.2 Å². The summed E-state index contributed by atoms with van der Waals surface area (Å²) in [5.74, 6) is 1.21. The van der Waals surface area contributed by atoms with Crippen molar-refractivity contribution < 1.29 is 4.74 Å². The van der Waals surface area contributed by atoms with Gasteiger partial charge in [0.2, 0.25) is 5.88 Å². The number of hydrogen-bond donors (Lipinski definition) is 0. The van der Waals surface area contributed by atoms with Crippen LogP contribution in [0.4, 0.5) is 0 Å². The molecule has 3 aromatic rings. The third-order valence-corrected chi connectivity index (χ3v) is 2.33. The van der Waals surface area contributed by atoms with Gasteiger partial charge < -0.3 is 4.74 Å². The Hall–Kier alpha value is -2.43. The first-order valence-corrected chi connectivity index (χ1v) is 5.19. The van der Waals surface area contributed by atoms with Crippen LogP contribution < -0.4 is 4.74 Å². The molecule has 0 radical (unpaired) electrons. The average Bonchev–Trinajstić information content (AvgIpc) is 2.75. The topological polar surface area (TPSA) is 52.8 Å². The molecule has 0 saturated heterocycles. The lowest BCUT2D eigenvalue weighted by molar-refractivity contribution is 0.464. The molecule has 0 amide bonds. The van der Waals surface area contributed by atoms with E-state index in [2.05, 4.69) is 15.1 Å². The van der Waals surface area contributed by atoms with Gasteiger partial charge >= 0.3 is 0 Å². The van der Waals surface area contributed by atoms with Crippen molar-refractivity contribution in [2.45, 2.75) is 0 Å². The van der Waals surface area contributed by atoms with Gasteiger partial charge in [0.25, 0.3) is 0 Å². The summed E-state index contributed by atoms with van der Waals surface area (Å²) in [5, 5.41) is 4.03. The third-order valence-electron chi connectivity index (χ3n) is 2.33. The first kappa shape index (κ1) is 9.77. The molecule has 0 aliphatic heterocycles. The summed E-state index contributed by atoms with van der Waals surface area (Å²) in [6.45, 7) is 0. The Balaban J connectivity index is 1.95. The van der Waals surface area contributed by atoms with Crippen LogP contribution in [0.1, 0.15) is 0 Å². The van der Waals surface area contributed by atoms with Crippen molar-refractivity contribution in [3.05, 3.63) is 42.9 Å². The van der Waals surface area contributed by atoms with Crippen molar-refractivity contribution in [1.82, 2.24) is 19.7 Å². The number of aryl methyl sites for hydroxylation is 1. The van der Waals surface area contributed by atoms with Crippen molar-refractivity contribution >= 4 is 11.0 Å². The SMILES string of the molecule is Cn1cc(Oc2ccc3ncccc3n2)cn1. The quantitative estimate of drug-likeness (QED) is 0.671. The van der Waals surface area contributed by atoms with Crippen LogP contribution in [0.2, 0.25) is 0 Å². The summed E-state index contributed by atoms with van der Waals surface area (Å²) in [6.07, 6.45) is 5.18. The molecule has 17 heavy (non-hydrogen) atoms. The minimum absolute atomic E-state index is 0.540. The Labute approximate surface area is 97.7 Å². The van der Waals surface area contributed by atoms with Gasteiger partial charge in [-0.15, -0.1) is 0 Å². The third kappa shape index (κ3) is 1.94. The predicted octanol–water partition coefficient (Wildman–Crippen LogP) is 2.16. The lowest BCUT2D eigenvalue weighted by Gasteiger charge is -2.02. The molecule has 0 aromatic carbocycles. The fourth-order valence-corrected chi connectivity index (χ4v) is 1.57. The van der Waals surface area contributed by atoms with Crippen LogP contribution in [0.3, 0.4) is 0 Å². The number of ether oxygens (including phenoxy) is 1. The normalized spacial score (nSPS) is 10.6. The van der Waals surface area contributed by atoms with Gasteiger partial charge in [-0.2, -0.15) is 5.10 Å². The van der Waals surface area contributed by atoms with E-state index in [1.807, 2.05) is 25.2 Å². The summed E-state index contributed by atoms with van der Waals surface area (Å²) in [7, 11) is 1.84. The van der Waals surface area contributed by atoms with E-state index < -0.39 is 0 Å². The van der Waals surface area contributed by atoms with E-state index in [1.54, 1.807) is 29.3 Å². The molecule has 0 aliphatic carbocycles. The molecule has 5 heteroatoms. The molecule has 0 saturated carbocycles. The molecular formula is C12H10N4O. The van der Waals surface area contributed by atoms with E-state index in [0.717, 1.165) is 11.0 Å². The number of fused-ring (bicyclic) bond motifs is 1. The molecule has 3 aromatic heterocycles. The Morgan fingerprint density at radius 2 is 2.12 bits per heavy atom. The zero-order valence-electron chi connectivity index (χ0n) is 9.24. The monoisotopic (exact) mass is 226 g/mol. The van der Waals surface area contributed by atoms with Crippen LogP contribution >= 0.6 is 0 Å². The highest BCUT2D eigenvalue weighted by atomic mass is 16.5. The van der Waals surface area contributed by atoms with Crippen molar-refractivity contribution in [2.24, 2.45) is 7.05 Å². The number of rotatable bonds is 2. The molecule has 0 N–H and O–H groups in total. The van der Waals surface area contributed by atoms with Crippen LogP contribution in [0.25, 0.3) is 11.0 Å². The molecule has 3 heterocycles. The molecule has 0 unspecified atom stereocenters. The second-order valence-electron chi connectivity index (χ2n) is 3.64. The zero-order chi connectivity index (χ0) is 11.7. The average molecular weight is 226 g/mol. The van der Waals surface area contributed by atoms with Crippen molar-refractivity contribution in [2.75, 3.05) is 0 Å². The Kier molecular flexibility index (Phi) is 2.22. The van der Waals surface area contributed by atoms with E-state index in [0.29, 0.717) is 11.6 Å². The Morgan fingerprint density at radius 1 is 1.18 bits per heavy atom. The van der Waals surface area contributed by atoms with Crippen LogP contribution in [0, 0.1) is 0 Å². The fourth-order valence-electron chi connectivity index (χ4n) is 1.57. The second kappa shape index (κ2) is 3.86. The predicted molar refractivity (Wildman–Crippen MR) is 62.8 cm³/mol. The van der Waals surface area contributed by atoms with E-state index in [1.165, 1.54) is 0 Å². The van der Waals surface area contributed by atoms with Crippen LogP contribution in [0.5, 0.6) is 11.6 Å². The Bertz CT molecular complexity index is 662. The highest BCUT2D eigenvalue weighted by molar-refractivity contribution is 5.74. The van der Waals surface area contributed by atoms with Gasteiger partial charge in [-0.25, -0.2) is 4.98 Å². The maximum absolute atomic E-state index is 5.59. The molecule has 3 rings (SSSR count). The molecule has 5 nitrogen and oxygen atoms in total. The first-order chi connectivity index (χ1) is 8.31. The highest BCUT2D eigenvalue weighted by Crippen LogP contribution is 2.20. The maximum Gasteiger partial charge on any atom is 0.220 e. The van der Waals surface area contributed by atoms with Gasteiger partial charge in [0, 0.05) is 19.3 Å². The van der Waals surface area contributed by atoms with Crippen molar-refractivity contribution in [3.8, 4) is 11.6 Å². The van der Waals surface area contributed by atoms with Gasteiger partial charge in [0.05, 0.1) is 23.4 Å². The van der Waals surface area contributed by atoms with Gasteiger partial charge in [-0.1, -0.05) is 0 Å². The van der Waals surface area contributed by atoms with Gasteiger partial charge in [0.15, 0.2) is 5.75 Å². The van der Waals surface area contributed by atoms with E-state index in [4.69, 9.17) is 4.74 Å². The summed E-state index contributed by atoms with van der Waals surface area (Å²) in [5.41, 5.74) is 1.67. The second-order valence-corrected chi connectivity index (χ2v) is 3.64. The summed E-state index contributed by atoms with van der Waals surface area (Å²) in [6, 6.07) is 7.43. The highest BCUT2D eigenvalue weighted by Gasteiger charge is 2.02. The molecule has 0 bridgehead atoms. The van der Waals surface area contributed by atoms with Gasteiger partial charge in [0.1, 0.15) is 0 Å². The lowest BCUT2D eigenvalue weighted by atomic mass is 10.3. The molecule has 0 fully saturated rings. The maximum atomic E-state index is 5.59. The van der Waals surface area contributed by atoms with Crippen molar-refractivity contribution in [3.63, 3.8) is 0 Å². The number of aromatic nitrogens is 4. The molecule has 0 atom stereocenters. The van der Waals surface area contributed by atoms with E-state index in [-0.39, 0.29) is 0 Å². The lowest BCUT2D eigenvalue weighted by Crippen LogP contribution is -1.88. The zero-order valence-corrected chi connectivity index (χ0v) is 9.24. The number of hydrogen-bond acceptors (Lipinski definition) is 4. The van der Waals surface area contributed by atoms with Crippen LogP contribution in [-0.4, -0.2) is 19.7 Å². The minimum atomic E-state index is 0.540. The standard InChI is InChI=1S/C12H10N4O/c1-16-8-9(7-14-16)17-12-5-4-10-11(15-12)3-2-6-13-10/h2-8H,1H3. The van der Waals surface area contributed by atoms with E-state index in [9.17, 15) is 0 Å². The first-order valence-electron chi connectivity index (χ1n) is 5.19. The molecular weight excluding hydrogens is 216 g/mol.